The SMILES string of the molecule is CNC(=O)[C@H](C)N(Cc1ccc(OC)cc1)C(=O)CN(c1ccccc1)S(=O)(=O)c1ccccc1. The Balaban J connectivity index is 1.97. The van der Waals surface area contributed by atoms with Gasteiger partial charge >= 0.3 is 0 Å². The molecule has 0 saturated heterocycles. The molecular formula is C26H29N3O5S. The van der Waals surface area contributed by atoms with Gasteiger partial charge in [0.2, 0.25) is 11.8 Å². The lowest BCUT2D eigenvalue weighted by Crippen LogP contribution is -2.50. The van der Waals surface area contributed by atoms with Crippen molar-refractivity contribution in [3.63, 3.8) is 0 Å². The molecular weight excluding hydrogens is 466 g/mol. The molecule has 3 aromatic carbocycles. The molecule has 8 nitrogen and oxygen atoms in total. The first kappa shape index (κ1) is 25.8. The average molecular weight is 496 g/mol. The number of ether oxygens (including phenoxy) is 1. The quantitative estimate of drug-likeness (QED) is 0.466. The van der Waals surface area contributed by atoms with Gasteiger partial charge in [0.05, 0.1) is 17.7 Å². The molecule has 2 amide bonds. The first-order valence-corrected chi connectivity index (χ1v) is 12.5. The molecule has 0 fully saturated rings. The molecule has 0 radical (unpaired) electrons. The predicted molar refractivity (Wildman–Crippen MR) is 134 cm³/mol. The molecule has 0 aliphatic carbocycles. The number of sulfonamides is 1. The Morgan fingerprint density at radius 3 is 2.03 bits per heavy atom. The van der Waals surface area contributed by atoms with Gasteiger partial charge in [-0.25, -0.2) is 8.42 Å². The third-order valence-electron chi connectivity index (χ3n) is 5.58. The normalized spacial score (nSPS) is 11.9. The van der Waals surface area contributed by atoms with Gasteiger partial charge in [0.1, 0.15) is 18.3 Å². The van der Waals surface area contributed by atoms with Crippen LogP contribution in [-0.4, -0.2) is 51.9 Å². The molecule has 0 unspecified atom stereocenters. The Labute approximate surface area is 206 Å². The van der Waals surface area contributed by atoms with Crippen LogP contribution in [0.1, 0.15) is 12.5 Å². The Bertz CT molecular complexity index is 1230. The van der Waals surface area contributed by atoms with Crippen molar-refractivity contribution in [2.45, 2.75) is 24.4 Å². The number of carbonyl (C=O) groups excluding carboxylic acids is 2. The summed E-state index contributed by atoms with van der Waals surface area (Å²) >= 11 is 0. The van der Waals surface area contributed by atoms with Gasteiger partial charge < -0.3 is 15.0 Å². The lowest BCUT2D eigenvalue weighted by atomic mass is 10.1. The van der Waals surface area contributed by atoms with Crippen LogP contribution in [0.3, 0.4) is 0 Å². The van der Waals surface area contributed by atoms with Crippen molar-refractivity contribution in [1.82, 2.24) is 10.2 Å². The van der Waals surface area contributed by atoms with Gasteiger partial charge in [-0.2, -0.15) is 0 Å². The van der Waals surface area contributed by atoms with Crippen LogP contribution >= 0.6 is 0 Å². The standard InChI is InChI=1S/C26H29N3O5S/c1-20(26(31)27-2)28(18-21-14-16-23(34-3)17-15-21)25(30)19-29(22-10-6-4-7-11-22)35(32,33)24-12-8-5-9-13-24/h4-17,20H,18-19H2,1-3H3,(H,27,31)/t20-/m0/s1. The smallest absolute Gasteiger partial charge is 0.264 e. The maximum Gasteiger partial charge on any atom is 0.264 e. The fourth-order valence-electron chi connectivity index (χ4n) is 3.56. The second kappa shape index (κ2) is 11.5. The van der Waals surface area contributed by atoms with Crippen molar-refractivity contribution in [3.8, 4) is 5.75 Å². The van der Waals surface area contributed by atoms with Gasteiger partial charge in [-0.15, -0.1) is 0 Å². The number of methoxy groups -OCH3 is 1. The molecule has 0 aliphatic heterocycles. The van der Waals surface area contributed by atoms with Crippen LogP contribution in [0.25, 0.3) is 0 Å². The second-order valence-electron chi connectivity index (χ2n) is 7.82. The fraction of sp³-hybridized carbons (Fsp3) is 0.231. The minimum atomic E-state index is -4.05. The molecule has 0 aromatic heterocycles. The minimum absolute atomic E-state index is 0.0673. The monoisotopic (exact) mass is 495 g/mol. The number of anilines is 1. The summed E-state index contributed by atoms with van der Waals surface area (Å²) in [6.45, 7) is 1.25. The van der Waals surface area contributed by atoms with E-state index >= 15 is 0 Å². The summed E-state index contributed by atoms with van der Waals surface area (Å²) in [5, 5.41) is 2.56. The third-order valence-corrected chi connectivity index (χ3v) is 7.37. The Kier molecular flexibility index (Phi) is 8.48. The van der Waals surface area contributed by atoms with Gasteiger partial charge in [-0.1, -0.05) is 48.5 Å². The van der Waals surface area contributed by atoms with E-state index in [1.165, 1.54) is 24.1 Å². The highest BCUT2D eigenvalue weighted by atomic mass is 32.2. The molecule has 9 heteroatoms. The number of hydrogen-bond acceptors (Lipinski definition) is 5. The minimum Gasteiger partial charge on any atom is -0.497 e. The average Bonchev–Trinajstić information content (AvgIpc) is 2.90. The summed E-state index contributed by atoms with van der Waals surface area (Å²) in [4.78, 5) is 27.5. The topological polar surface area (TPSA) is 96.0 Å². The molecule has 184 valence electrons. The molecule has 1 N–H and O–H groups in total. The highest BCUT2D eigenvalue weighted by Crippen LogP contribution is 2.24. The third kappa shape index (κ3) is 6.19. The fourth-order valence-corrected chi connectivity index (χ4v) is 5.00. The summed E-state index contributed by atoms with van der Waals surface area (Å²) in [5.41, 5.74) is 1.12. The van der Waals surface area contributed by atoms with E-state index in [2.05, 4.69) is 5.32 Å². The summed E-state index contributed by atoms with van der Waals surface area (Å²) in [6, 6.07) is 22.7. The Morgan fingerprint density at radius 1 is 0.914 bits per heavy atom. The van der Waals surface area contributed by atoms with Gasteiger partial charge in [-0.05, 0) is 48.9 Å². The van der Waals surface area contributed by atoms with E-state index in [4.69, 9.17) is 4.74 Å². The van der Waals surface area contributed by atoms with Crippen molar-refractivity contribution in [2.24, 2.45) is 0 Å². The van der Waals surface area contributed by atoms with E-state index < -0.39 is 28.5 Å². The van der Waals surface area contributed by atoms with Crippen LogP contribution in [0.2, 0.25) is 0 Å². The molecule has 3 rings (SSSR count). The van der Waals surface area contributed by atoms with Gasteiger partial charge in [0, 0.05) is 13.6 Å². The summed E-state index contributed by atoms with van der Waals surface area (Å²) in [5.74, 6) is -0.209. The van der Waals surface area contributed by atoms with Crippen molar-refractivity contribution >= 4 is 27.5 Å². The molecule has 3 aromatic rings. The van der Waals surface area contributed by atoms with Crippen LogP contribution in [0, 0.1) is 0 Å². The van der Waals surface area contributed by atoms with Crippen molar-refractivity contribution < 1.29 is 22.7 Å². The largest absolute Gasteiger partial charge is 0.497 e. The molecule has 0 spiro atoms. The number of benzene rings is 3. The Hall–Kier alpha value is -3.85. The molecule has 0 heterocycles. The second-order valence-corrected chi connectivity index (χ2v) is 9.68. The van der Waals surface area contributed by atoms with Crippen molar-refractivity contribution in [1.29, 1.82) is 0 Å². The summed E-state index contributed by atoms with van der Waals surface area (Å²) in [6.07, 6.45) is 0. The number of hydrogen-bond donors (Lipinski definition) is 1. The summed E-state index contributed by atoms with van der Waals surface area (Å²) < 4.78 is 33.3. The Morgan fingerprint density at radius 2 is 1.49 bits per heavy atom. The number of para-hydroxylation sites is 1. The van der Waals surface area contributed by atoms with Crippen LogP contribution in [-0.2, 0) is 26.2 Å². The first-order chi connectivity index (χ1) is 16.8. The molecule has 1 atom stereocenters. The van der Waals surface area contributed by atoms with E-state index in [9.17, 15) is 18.0 Å². The highest BCUT2D eigenvalue weighted by molar-refractivity contribution is 7.92. The number of carbonyl (C=O) groups is 2. The van der Waals surface area contributed by atoms with Gasteiger partial charge in [0.25, 0.3) is 10.0 Å². The number of nitrogens with one attached hydrogen (secondary N) is 1. The van der Waals surface area contributed by atoms with Crippen LogP contribution in [0.15, 0.2) is 89.8 Å². The molecule has 0 aliphatic rings. The van der Waals surface area contributed by atoms with E-state index in [1.54, 1.807) is 86.8 Å². The number of likely N-dealkylation sites (N-methyl/N-ethyl adjacent to an activating group) is 1. The number of nitrogens with zero attached hydrogens (tertiary/aromatic N) is 2. The van der Waals surface area contributed by atoms with E-state index in [-0.39, 0.29) is 17.3 Å². The molecule has 0 saturated carbocycles. The van der Waals surface area contributed by atoms with E-state index in [1.807, 2.05) is 0 Å². The summed E-state index contributed by atoms with van der Waals surface area (Å²) in [7, 11) is -0.997. The highest BCUT2D eigenvalue weighted by Gasteiger charge is 2.32. The van der Waals surface area contributed by atoms with Crippen LogP contribution in [0.4, 0.5) is 5.69 Å². The lowest BCUT2D eigenvalue weighted by Gasteiger charge is -2.31. The maximum absolute atomic E-state index is 13.6. The first-order valence-electron chi connectivity index (χ1n) is 11.0. The zero-order valence-electron chi connectivity index (χ0n) is 19.9. The van der Waals surface area contributed by atoms with Crippen LogP contribution < -0.4 is 14.4 Å². The van der Waals surface area contributed by atoms with Crippen LogP contribution in [0.5, 0.6) is 5.75 Å². The number of rotatable bonds is 10. The predicted octanol–water partition coefficient (Wildman–Crippen LogP) is 3.05. The van der Waals surface area contributed by atoms with Crippen molar-refractivity contribution in [2.75, 3.05) is 25.0 Å². The van der Waals surface area contributed by atoms with Crippen molar-refractivity contribution in [3.05, 3.63) is 90.5 Å². The zero-order chi connectivity index (χ0) is 25.4. The van der Waals surface area contributed by atoms with E-state index in [0.717, 1.165) is 9.87 Å². The maximum atomic E-state index is 13.6. The molecule has 0 bridgehead atoms. The lowest BCUT2D eigenvalue weighted by molar-refractivity contribution is -0.139. The van der Waals surface area contributed by atoms with Gasteiger partial charge in [0.15, 0.2) is 0 Å². The molecule has 35 heavy (non-hydrogen) atoms. The van der Waals surface area contributed by atoms with Gasteiger partial charge in [-0.3, -0.25) is 13.9 Å². The van der Waals surface area contributed by atoms with E-state index in [0.29, 0.717) is 11.4 Å². The number of amides is 2. The zero-order valence-corrected chi connectivity index (χ0v) is 20.7.